The Labute approximate surface area is 105 Å². The fourth-order valence-electron chi connectivity index (χ4n) is 1.72. The van der Waals surface area contributed by atoms with Crippen LogP contribution in [0.5, 0.6) is 0 Å². The van der Waals surface area contributed by atoms with Crippen molar-refractivity contribution in [3.05, 3.63) is 11.2 Å². The molecule has 2 N–H and O–H groups in total. The quantitative estimate of drug-likeness (QED) is 0.695. The van der Waals surface area contributed by atoms with Gasteiger partial charge in [0.15, 0.2) is 5.84 Å². The first-order valence-corrected chi connectivity index (χ1v) is 6.11. The first-order chi connectivity index (χ1) is 8.29. The number of ether oxygens (including phenoxy) is 1. The number of hydrogen-bond acceptors (Lipinski definition) is 6. The molecular weight excluding hydrogens is 244 g/mol. The predicted octanol–water partition coefficient (Wildman–Crippen LogP) is -0.0851. The van der Waals surface area contributed by atoms with Crippen LogP contribution in [-0.4, -0.2) is 60.4 Å². The summed E-state index contributed by atoms with van der Waals surface area (Å²) in [6.45, 7) is 3.85. The first kappa shape index (κ1) is 12.5. The maximum Gasteiger partial charge on any atom is 0.153 e. The molecule has 1 saturated heterocycles. The third-order valence-corrected chi connectivity index (χ3v) is 2.77. The van der Waals surface area contributed by atoms with Crippen molar-refractivity contribution in [1.82, 2.24) is 15.4 Å². The highest BCUT2D eigenvalue weighted by Crippen LogP contribution is 2.10. The van der Waals surface area contributed by atoms with E-state index < -0.39 is 0 Å². The number of aliphatic hydroxyl groups excluding tert-OH is 1. The van der Waals surface area contributed by atoms with E-state index in [1.165, 1.54) is 0 Å². The van der Waals surface area contributed by atoms with Gasteiger partial charge in [-0.05, 0) is 6.42 Å². The predicted molar refractivity (Wildman–Crippen MR) is 65.3 cm³/mol. The van der Waals surface area contributed by atoms with Gasteiger partial charge in [0.25, 0.3) is 0 Å². The number of aliphatic hydroxyl groups is 1. The third kappa shape index (κ3) is 3.49. The molecule has 0 bridgehead atoms. The van der Waals surface area contributed by atoms with Crippen LogP contribution in [0.25, 0.3) is 0 Å². The van der Waals surface area contributed by atoms with E-state index >= 15 is 0 Å². The van der Waals surface area contributed by atoms with E-state index in [9.17, 15) is 0 Å². The fourth-order valence-corrected chi connectivity index (χ4v) is 1.91. The lowest BCUT2D eigenvalue weighted by molar-refractivity contribution is 0.0664. The highest BCUT2D eigenvalue weighted by molar-refractivity contribution is 6.30. The lowest BCUT2D eigenvalue weighted by atomic mass is 10.3. The van der Waals surface area contributed by atoms with Gasteiger partial charge in [-0.1, -0.05) is 11.6 Å². The molecule has 2 heterocycles. The largest absolute Gasteiger partial charge is 0.396 e. The molecule has 0 aromatic rings. The van der Waals surface area contributed by atoms with Gasteiger partial charge < -0.3 is 14.7 Å². The number of halogens is 1. The molecular formula is C10H17ClN4O2. The average Bonchev–Trinajstić information content (AvgIpc) is 2.37. The Balaban J connectivity index is 1.99. The monoisotopic (exact) mass is 260 g/mol. The average molecular weight is 261 g/mol. The zero-order valence-corrected chi connectivity index (χ0v) is 10.4. The van der Waals surface area contributed by atoms with Crippen molar-refractivity contribution in [2.45, 2.75) is 6.42 Å². The molecule has 0 amide bonds. The summed E-state index contributed by atoms with van der Waals surface area (Å²) in [6, 6.07) is 0. The molecule has 0 aromatic carbocycles. The Morgan fingerprint density at radius 2 is 2.24 bits per heavy atom. The van der Waals surface area contributed by atoms with Crippen molar-refractivity contribution in [3.63, 3.8) is 0 Å². The van der Waals surface area contributed by atoms with Crippen LogP contribution in [0.1, 0.15) is 6.42 Å². The fraction of sp³-hybridized carbons (Fsp3) is 0.700. The molecule has 2 aliphatic rings. The minimum absolute atomic E-state index is 0.141. The van der Waals surface area contributed by atoms with Gasteiger partial charge >= 0.3 is 0 Å². The summed E-state index contributed by atoms with van der Waals surface area (Å²) in [7, 11) is 0. The van der Waals surface area contributed by atoms with Crippen LogP contribution in [0, 0.1) is 0 Å². The number of nitrogens with zero attached hydrogens (tertiary/aromatic N) is 3. The zero-order chi connectivity index (χ0) is 12.1. The molecule has 17 heavy (non-hydrogen) atoms. The summed E-state index contributed by atoms with van der Waals surface area (Å²) in [5.74, 6) is 0.843. The molecule has 0 radical (unpaired) electrons. The van der Waals surface area contributed by atoms with Gasteiger partial charge in [-0.2, -0.15) is 0 Å². The smallest absolute Gasteiger partial charge is 0.153 e. The summed E-state index contributed by atoms with van der Waals surface area (Å²) in [5.41, 5.74) is 2.92. The van der Waals surface area contributed by atoms with Crippen molar-refractivity contribution in [2.75, 3.05) is 39.5 Å². The Bertz CT molecular complexity index is 315. The molecule has 1 fully saturated rings. The molecule has 2 rings (SSSR count). The summed E-state index contributed by atoms with van der Waals surface area (Å²) in [5, 5.41) is 15.4. The highest BCUT2D eigenvalue weighted by Gasteiger charge is 2.18. The summed E-state index contributed by atoms with van der Waals surface area (Å²) in [4.78, 5) is 2.14. The SMILES string of the molecule is OCCCN1N=C(N2CCOCC2)C=C(Cl)N1. The van der Waals surface area contributed by atoms with E-state index in [4.69, 9.17) is 21.4 Å². The van der Waals surface area contributed by atoms with Crippen LogP contribution in [0.15, 0.2) is 16.3 Å². The van der Waals surface area contributed by atoms with E-state index in [1.54, 1.807) is 5.12 Å². The van der Waals surface area contributed by atoms with Crippen LogP contribution in [-0.2, 0) is 4.74 Å². The number of amidine groups is 1. The second kappa shape index (κ2) is 6.09. The van der Waals surface area contributed by atoms with Gasteiger partial charge in [-0.25, -0.2) is 5.12 Å². The highest BCUT2D eigenvalue weighted by atomic mass is 35.5. The van der Waals surface area contributed by atoms with Crippen LogP contribution in [0.2, 0.25) is 0 Å². The molecule has 0 unspecified atom stereocenters. The van der Waals surface area contributed by atoms with Crippen molar-refractivity contribution in [2.24, 2.45) is 5.10 Å². The van der Waals surface area contributed by atoms with E-state index in [0.29, 0.717) is 31.3 Å². The van der Waals surface area contributed by atoms with Gasteiger partial charge in [-0.15, -0.1) is 5.10 Å². The maximum absolute atomic E-state index is 8.80. The molecule has 2 aliphatic heterocycles. The van der Waals surface area contributed by atoms with Crippen molar-refractivity contribution < 1.29 is 9.84 Å². The zero-order valence-electron chi connectivity index (χ0n) is 9.60. The first-order valence-electron chi connectivity index (χ1n) is 5.73. The topological polar surface area (TPSA) is 60.3 Å². The molecule has 6 nitrogen and oxygen atoms in total. The molecule has 0 spiro atoms. The van der Waals surface area contributed by atoms with Crippen molar-refractivity contribution >= 4 is 17.4 Å². The molecule has 0 atom stereocenters. The Hall–Kier alpha value is -0.980. The second-order valence-corrected chi connectivity index (χ2v) is 4.27. The van der Waals surface area contributed by atoms with Crippen LogP contribution in [0.4, 0.5) is 0 Å². The minimum Gasteiger partial charge on any atom is -0.396 e. The van der Waals surface area contributed by atoms with Crippen LogP contribution < -0.4 is 5.43 Å². The number of rotatable bonds is 3. The number of hydrazine groups is 1. The Morgan fingerprint density at radius 3 is 2.94 bits per heavy atom. The maximum atomic E-state index is 8.80. The van der Waals surface area contributed by atoms with Gasteiger partial charge in [0.05, 0.1) is 19.8 Å². The molecule has 0 aromatic heterocycles. The summed E-state index contributed by atoms with van der Waals surface area (Å²) >= 11 is 6.01. The van der Waals surface area contributed by atoms with Gasteiger partial charge in [0, 0.05) is 25.8 Å². The molecule has 0 aliphatic carbocycles. The molecule has 96 valence electrons. The lowest BCUT2D eigenvalue weighted by Gasteiger charge is -2.32. The summed E-state index contributed by atoms with van der Waals surface area (Å²) < 4.78 is 5.30. The van der Waals surface area contributed by atoms with E-state index in [1.807, 2.05) is 6.08 Å². The number of nitrogens with one attached hydrogen (secondary N) is 1. The lowest BCUT2D eigenvalue weighted by Crippen LogP contribution is -2.45. The third-order valence-electron chi connectivity index (χ3n) is 2.58. The van der Waals surface area contributed by atoms with Gasteiger partial charge in [0.2, 0.25) is 0 Å². The Morgan fingerprint density at radius 1 is 1.47 bits per heavy atom. The van der Waals surface area contributed by atoms with E-state index in [2.05, 4.69) is 15.4 Å². The Kier molecular flexibility index (Phi) is 4.47. The summed E-state index contributed by atoms with van der Waals surface area (Å²) in [6.07, 6.45) is 2.46. The van der Waals surface area contributed by atoms with Crippen molar-refractivity contribution in [1.29, 1.82) is 0 Å². The van der Waals surface area contributed by atoms with E-state index in [0.717, 1.165) is 18.9 Å². The van der Waals surface area contributed by atoms with Crippen LogP contribution >= 0.6 is 11.6 Å². The minimum atomic E-state index is 0.141. The van der Waals surface area contributed by atoms with Crippen molar-refractivity contribution in [3.8, 4) is 0 Å². The van der Waals surface area contributed by atoms with Gasteiger partial charge in [-0.3, -0.25) is 5.43 Å². The molecule has 7 heteroatoms. The van der Waals surface area contributed by atoms with Crippen LogP contribution in [0.3, 0.4) is 0 Å². The standard InChI is InChI=1S/C10H17ClN4O2/c11-9-8-10(14-3-6-17-7-4-14)13-15(12-9)2-1-5-16/h8,12,16H,1-7H2. The number of hydrogen-bond donors (Lipinski definition) is 2. The number of hydrazone groups is 1. The number of morpholine rings is 1. The van der Waals surface area contributed by atoms with E-state index in [-0.39, 0.29) is 6.61 Å². The molecule has 0 saturated carbocycles. The normalized spacial score (nSPS) is 20.8. The second-order valence-electron chi connectivity index (χ2n) is 3.86. The van der Waals surface area contributed by atoms with Gasteiger partial charge in [0.1, 0.15) is 5.16 Å².